The predicted molar refractivity (Wildman–Crippen MR) is 128 cm³/mol. The zero-order chi connectivity index (χ0) is 22.6. The van der Waals surface area contributed by atoms with Gasteiger partial charge in [-0.05, 0) is 47.5 Å². The molecule has 0 bridgehead atoms. The van der Waals surface area contributed by atoms with Gasteiger partial charge < -0.3 is 4.74 Å². The SMILES string of the molecule is O=C(Oc1ccc(/C=N\n2cnc3scc(-c4ccccc4)c3c2=O)cc1)c1cccnc1. The van der Waals surface area contributed by atoms with Gasteiger partial charge in [-0.25, -0.2) is 9.78 Å². The fourth-order valence-electron chi connectivity index (χ4n) is 3.24. The Morgan fingerprint density at radius 1 is 1.03 bits per heavy atom. The van der Waals surface area contributed by atoms with E-state index in [1.165, 1.54) is 28.5 Å². The van der Waals surface area contributed by atoms with Crippen LogP contribution in [0.5, 0.6) is 5.75 Å². The molecule has 5 rings (SSSR count). The number of esters is 1. The molecule has 7 nitrogen and oxygen atoms in total. The maximum Gasteiger partial charge on any atom is 0.345 e. The number of thiophene rings is 1. The number of rotatable bonds is 5. The molecular weight excluding hydrogens is 436 g/mol. The molecule has 33 heavy (non-hydrogen) atoms. The summed E-state index contributed by atoms with van der Waals surface area (Å²) in [6.45, 7) is 0. The molecule has 0 atom stereocenters. The number of pyridine rings is 1. The summed E-state index contributed by atoms with van der Waals surface area (Å²) < 4.78 is 6.56. The first-order valence-electron chi connectivity index (χ1n) is 10.00. The lowest BCUT2D eigenvalue weighted by molar-refractivity contribution is 0.0734. The Morgan fingerprint density at radius 3 is 2.61 bits per heavy atom. The van der Waals surface area contributed by atoms with Crippen LogP contribution in [0.15, 0.2) is 101 Å². The number of carbonyl (C=O) groups is 1. The highest BCUT2D eigenvalue weighted by molar-refractivity contribution is 7.17. The molecule has 2 aromatic carbocycles. The largest absolute Gasteiger partial charge is 0.423 e. The summed E-state index contributed by atoms with van der Waals surface area (Å²) in [5, 5.41) is 6.77. The molecule has 5 aromatic rings. The van der Waals surface area contributed by atoms with Crippen LogP contribution < -0.4 is 10.3 Å². The van der Waals surface area contributed by atoms with Gasteiger partial charge in [0, 0.05) is 23.3 Å². The van der Waals surface area contributed by atoms with Gasteiger partial charge in [0.05, 0.1) is 17.2 Å². The highest BCUT2D eigenvalue weighted by Crippen LogP contribution is 2.30. The Hall–Kier alpha value is -4.43. The van der Waals surface area contributed by atoms with Crippen molar-refractivity contribution >= 4 is 33.7 Å². The fourth-order valence-corrected chi connectivity index (χ4v) is 4.14. The van der Waals surface area contributed by atoms with Crippen molar-refractivity contribution in [3.63, 3.8) is 0 Å². The van der Waals surface area contributed by atoms with Gasteiger partial charge in [0.1, 0.15) is 16.9 Å². The van der Waals surface area contributed by atoms with Crippen molar-refractivity contribution in [2.45, 2.75) is 0 Å². The monoisotopic (exact) mass is 452 g/mol. The molecule has 0 saturated carbocycles. The average Bonchev–Trinajstić information content (AvgIpc) is 3.31. The molecule has 0 aliphatic carbocycles. The van der Waals surface area contributed by atoms with Crippen LogP contribution in [0.1, 0.15) is 15.9 Å². The van der Waals surface area contributed by atoms with Gasteiger partial charge in [0.15, 0.2) is 0 Å². The van der Waals surface area contributed by atoms with Crippen LogP contribution in [-0.4, -0.2) is 26.8 Å². The first-order chi connectivity index (χ1) is 16.2. The molecule has 0 aliphatic heterocycles. The average molecular weight is 452 g/mol. The summed E-state index contributed by atoms with van der Waals surface area (Å²) in [6.07, 6.45) is 6.00. The molecule has 3 aromatic heterocycles. The summed E-state index contributed by atoms with van der Waals surface area (Å²) >= 11 is 1.43. The van der Waals surface area contributed by atoms with Crippen molar-refractivity contribution in [2.24, 2.45) is 5.10 Å². The molecule has 0 aliphatic rings. The number of benzene rings is 2. The van der Waals surface area contributed by atoms with Gasteiger partial charge >= 0.3 is 5.97 Å². The molecule has 0 unspecified atom stereocenters. The predicted octanol–water partition coefficient (Wildman–Crippen LogP) is 4.62. The lowest BCUT2D eigenvalue weighted by atomic mass is 10.1. The third-order valence-corrected chi connectivity index (χ3v) is 5.77. The second-order valence-electron chi connectivity index (χ2n) is 7.03. The van der Waals surface area contributed by atoms with Gasteiger partial charge in [-0.3, -0.25) is 9.78 Å². The van der Waals surface area contributed by atoms with E-state index in [4.69, 9.17) is 4.74 Å². The topological polar surface area (TPSA) is 86.4 Å². The van der Waals surface area contributed by atoms with Crippen molar-refractivity contribution in [3.8, 4) is 16.9 Å². The zero-order valence-electron chi connectivity index (χ0n) is 17.2. The zero-order valence-corrected chi connectivity index (χ0v) is 18.0. The third kappa shape index (κ3) is 4.32. The normalized spacial score (nSPS) is 11.2. The number of fused-ring (bicyclic) bond motifs is 1. The maximum absolute atomic E-state index is 13.1. The Balaban J connectivity index is 1.37. The standard InChI is InChI=1S/C25H16N4O3S/c30-24-22-21(18-5-2-1-3-6-18)15-33-23(22)27-16-29(24)28-13-17-8-10-20(11-9-17)32-25(31)19-7-4-12-26-14-19/h1-16H/b28-13-. The highest BCUT2D eigenvalue weighted by Gasteiger charge is 2.13. The molecule has 3 heterocycles. The number of ether oxygens (including phenoxy) is 1. The van der Waals surface area contributed by atoms with Crippen LogP contribution in [0.3, 0.4) is 0 Å². The molecule has 0 fully saturated rings. The van der Waals surface area contributed by atoms with E-state index in [-0.39, 0.29) is 5.56 Å². The first kappa shape index (κ1) is 20.5. The van der Waals surface area contributed by atoms with Gasteiger partial charge in [0.25, 0.3) is 5.56 Å². The summed E-state index contributed by atoms with van der Waals surface area (Å²) in [4.78, 5) is 34.2. The Labute approximate surface area is 192 Å². The second-order valence-corrected chi connectivity index (χ2v) is 7.89. The van der Waals surface area contributed by atoms with E-state index in [9.17, 15) is 9.59 Å². The van der Waals surface area contributed by atoms with Crippen LogP contribution in [-0.2, 0) is 0 Å². The minimum Gasteiger partial charge on any atom is -0.423 e. The Morgan fingerprint density at radius 2 is 1.85 bits per heavy atom. The highest BCUT2D eigenvalue weighted by atomic mass is 32.1. The lowest BCUT2D eigenvalue weighted by Gasteiger charge is -2.04. The van der Waals surface area contributed by atoms with E-state index in [2.05, 4.69) is 15.1 Å². The Bertz CT molecular complexity index is 1510. The van der Waals surface area contributed by atoms with Crippen molar-refractivity contribution in [1.29, 1.82) is 0 Å². The minimum absolute atomic E-state index is 0.238. The van der Waals surface area contributed by atoms with Crippen LogP contribution in [0.25, 0.3) is 21.3 Å². The van der Waals surface area contributed by atoms with E-state index < -0.39 is 5.97 Å². The van der Waals surface area contributed by atoms with Gasteiger partial charge in [0.2, 0.25) is 0 Å². The third-order valence-electron chi connectivity index (χ3n) is 4.88. The molecule has 8 heteroatoms. The number of hydrogen-bond acceptors (Lipinski definition) is 7. The van der Waals surface area contributed by atoms with E-state index in [1.807, 2.05) is 35.7 Å². The summed E-state index contributed by atoms with van der Waals surface area (Å²) in [5.74, 6) is -0.0903. The van der Waals surface area contributed by atoms with E-state index in [0.29, 0.717) is 21.5 Å². The van der Waals surface area contributed by atoms with Crippen LogP contribution in [0, 0.1) is 0 Å². The van der Waals surface area contributed by atoms with Crippen LogP contribution >= 0.6 is 11.3 Å². The fraction of sp³-hybridized carbons (Fsp3) is 0. The van der Waals surface area contributed by atoms with Gasteiger partial charge in [-0.15, -0.1) is 11.3 Å². The molecule has 0 spiro atoms. The molecule has 0 radical (unpaired) electrons. The lowest BCUT2D eigenvalue weighted by Crippen LogP contribution is -2.16. The summed E-state index contributed by atoms with van der Waals surface area (Å²) in [6, 6.07) is 19.8. The van der Waals surface area contributed by atoms with Gasteiger partial charge in [-0.2, -0.15) is 9.78 Å². The molecule has 160 valence electrons. The number of aromatic nitrogens is 3. The first-order valence-corrected chi connectivity index (χ1v) is 10.9. The number of carbonyl (C=O) groups excluding carboxylic acids is 1. The molecule has 0 saturated heterocycles. The van der Waals surface area contributed by atoms with Crippen molar-refractivity contribution in [3.05, 3.63) is 112 Å². The Kier molecular flexibility index (Phi) is 5.57. The molecule has 0 amide bonds. The number of nitrogens with zero attached hydrogens (tertiary/aromatic N) is 4. The quantitative estimate of drug-likeness (QED) is 0.221. The molecule has 0 N–H and O–H groups in total. The smallest absolute Gasteiger partial charge is 0.345 e. The van der Waals surface area contributed by atoms with Crippen LogP contribution in [0.2, 0.25) is 0 Å². The van der Waals surface area contributed by atoms with Crippen molar-refractivity contribution in [1.82, 2.24) is 14.6 Å². The summed E-state index contributed by atoms with van der Waals surface area (Å²) in [7, 11) is 0. The molecular formula is C25H16N4O3S. The van der Waals surface area contributed by atoms with E-state index in [0.717, 1.165) is 16.7 Å². The minimum atomic E-state index is -0.486. The van der Waals surface area contributed by atoms with Crippen molar-refractivity contribution in [2.75, 3.05) is 0 Å². The number of hydrogen-bond donors (Lipinski definition) is 0. The van der Waals surface area contributed by atoms with E-state index >= 15 is 0 Å². The second kappa shape index (κ2) is 8.97. The van der Waals surface area contributed by atoms with Crippen LogP contribution in [0.4, 0.5) is 0 Å². The van der Waals surface area contributed by atoms with Crippen molar-refractivity contribution < 1.29 is 9.53 Å². The summed E-state index contributed by atoms with van der Waals surface area (Å²) in [5.41, 5.74) is 2.67. The van der Waals surface area contributed by atoms with E-state index in [1.54, 1.807) is 48.8 Å². The maximum atomic E-state index is 13.1. The van der Waals surface area contributed by atoms with Gasteiger partial charge in [-0.1, -0.05) is 30.3 Å².